The smallest absolute Gasteiger partial charge is 0.161 e. The van der Waals surface area contributed by atoms with E-state index in [2.05, 4.69) is 41.4 Å². The minimum atomic E-state index is 0. The number of methoxy groups -OCH3 is 4. The minimum Gasteiger partial charge on any atom is -0.493 e. The Bertz CT molecular complexity index is 1070. The highest BCUT2D eigenvalue weighted by atomic mass is 35.5. The first-order chi connectivity index (χ1) is 17.1. The molecule has 0 amide bonds. The molecule has 0 unspecified atom stereocenters. The zero-order chi connectivity index (χ0) is 24.5. The van der Waals surface area contributed by atoms with Gasteiger partial charge in [-0.25, -0.2) is 0 Å². The zero-order valence-electron chi connectivity index (χ0n) is 24.8. The van der Waals surface area contributed by atoms with Crippen LogP contribution < -0.4 is 24.3 Å². The average molecular weight is 607 g/mol. The molecule has 12 heteroatoms. The van der Waals surface area contributed by atoms with Gasteiger partial charge < -0.3 is 51.6 Å². The van der Waals surface area contributed by atoms with Gasteiger partial charge in [0.15, 0.2) is 23.0 Å². The van der Waals surface area contributed by atoms with Gasteiger partial charge in [0.25, 0.3) is 0 Å². The molecule has 0 bridgehead atoms. The number of nitrogens with one attached hydrogen (secondary N) is 1. The van der Waals surface area contributed by atoms with Crippen molar-refractivity contribution in [1.82, 2.24) is 10.2 Å². The van der Waals surface area contributed by atoms with Crippen LogP contribution in [0, 0.1) is 11.8 Å². The van der Waals surface area contributed by atoms with E-state index in [1.165, 1.54) is 41.6 Å². The molecule has 2 aromatic rings. The Hall–Kier alpha value is -2.35. The predicted molar refractivity (Wildman–Crippen MR) is 163 cm³/mol. The summed E-state index contributed by atoms with van der Waals surface area (Å²) in [5, 5.41) is 3.83. The van der Waals surface area contributed by atoms with E-state index in [1.807, 2.05) is 0 Å². The number of hydrogen-bond donors (Lipinski definition) is 1. The molecule has 0 saturated carbocycles. The molecule has 1 saturated heterocycles. The lowest BCUT2D eigenvalue weighted by molar-refractivity contribution is 0.0434. The maximum absolute atomic E-state index is 5.68. The lowest BCUT2D eigenvalue weighted by atomic mass is 9.72. The van der Waals surface area contributed by atoms with E-state index in [1.54, 1.807) is 28.4 Å². The van der Waals surface area contributed by atoms with Gasteiger partial charge in [-0.1, -0.05) is 13.3 Å². The Balaban J connectivity index is 0. The Morgan fingerprint density at radius 2 is 1.24 bits per heavy atom. The molecule has 0 spiro atoms. The summed E-state index contributed by atoms with van der Waals surface area (Å²) < 4.78 is 22.5. The third kappa shape index (κ3) is 7.74. The molecule has 1 fully saturated rings. The maximum atomic E-state index is 5.68. The summed E-state index contributed by atoms with van der Waals surface area (Å²) in [6.45, 7) is 5.66. The van der Waals surface area contributed by atoms with E-state index in [0.29, 0.717) is 23.9 Å². The number of rotatable bonds is 7. The second-order valence-electron chi connectivity index (χ2n) is 10.2. The van der Waals surface area contributed by atoms with Gasteiger partial charge in [0.05, 0.1) is 28.4 Å². The summed E-state index contributed by atoms with van der Waals surface area (Å²) >= 11 is 0. The van der Waals surface area contributed by atoms with Crippen molar-refractivity contribution in [3.05, 3.63) is 46.5 Å². The predicted octanol–water partition coefficient (Wildman–Crippen LogP) is 1.24. The van der Waals surface area contributed by atoms with Crippen molar-refractivity contribution in [3.63, 3.8) is 0 Å². The van der Waals surface area contributed by atoms with Crippen LogP contribution in [0.4, 0.5) is 0 Å². The van der Waals surface area contributed by atoms with Crippen LogP contribution in [0.5, 0.6) is 23.0 Å². The number of piperidine rings is 1. The van der Waals surface area contributed by atoms with Crippen LogP contribution in [0.15, 0.2) is 24.3 Å². The highest BCUT2D eigenvalue weighted by molar-refractivity contribution is 5.85. The van der Waals surface area contributed by atoms with Crippen LogP contribution in [0.1, 0.15) is 60.5 Å². The van der Waals surface area contributed by atoms with Crippen LogP contribution in [-0.2, 0) is 12.8 Å². The Kier molecular flexibility index (Phi) is 17.5. The number of fused-ring (bicyclic) bond motifs is 4. The number of halogens is 1. The maximum Gasteiger partial charge on any atom is 0.161 e. The molecule has 4 atom stereocenters. The van der Waals surface area contributed by atoms with E-state index in [-0.39, 0.29) is 39.8 Å². The number of ether oxygens (including phenoxy) is 4. The first kappa shape index (κ1) is 40.8. The molecule has 2 aromatic carbocycles. The van der Waals surface area contributed by atoms with E-state index in [9.17, 15) is 0 Å². The van der Waals surface area contributed by atoms with Crippen molar-refractivity contribution in [3.8, 4) is 23.0 Å². The van der Waals surface area contributed by atoms with Gasteiger partial charge in [0.2, 0.25) is 0 Å². The number of nitrogens with zero attached hydrogens (tertiary/aromatic N) is 1. The van der Waals surface area contributed by atoms with Crippen molar-refractivity contribution in [2.45, 2.75) is 51.1 Å². The molecule has 238 valence electrons. The molecule has 11 nitrogen and oxygen atoms in total. The van der Waals surface area contributed by atoms with Crippen LogP contribution >= 0.6 is 12.4 Å². The second kappa shape index (κ2) is 17.6. The molecular weight excluding hydrogens is 556 g/mol. The normalized spacial score (nSPS) is 22.0. The van der Waals surface area contributed by atoms with Gasteiger partial charge in [-0.15, -0.1) is 12.4 Å². The highest BCUT2D eigenvalue weighted by Crippen LogP contribution is 2.48. The third-order valence-electron chi connectivity index (χ3n) is 8.64. The van der Waals surface area contributed by atoms with Crippen molar-refractivity contribution in [2.24, 2.45) is 11.8 Å². The van der Waals surface area contributed by atoms with Crippen molar-refractivity contribution in [1.29, 1.82) is 0 Å². The van der Waals surface area contributed by atoms with E-state index in [4.69, 9.17) is 18.9 Å². The molecule has 5 rings (SSSR count). The van der Waals surface area contributed by atoms with Gasteiger partial charge in [0, 0.05) is 25.2 Å². The summed E-state index contributed by atoms with van der Waals surface area (Å²) in [7, 11) is 6.90. The van der Waals surface area contributed by atoms with Gasteiger partial charge >= 0.3 is 0 Å². The summed E-state index contributed by atoms with van der Waals surface area (Å²) in [5.74, 6) is 4.69. The highest BCUT2D eigenvalue weighted by Gasteiger charge is 2.40. The molecule has 0 radical (unpaired) electrons. The molecular formula is C29H51ClN2O9. The molecule has 0 aromatic heterocycles. The summed E-state index contributed by atoms with van der Waals surface area (Å²) in [6.07, 6.45) is 5.65. The number of benzene rings is 2. The lowest BCUT2D eigenvalue weighted by Crippen LogP contribution is -2.46. The Labute approximate surface area is 249 Å². The minimum absolute atomic E-state index is 0. The summed E-state index contributed by atoms with van der Waals surface area (Å²) in [4.78, 5) is 2.72. The fourth-order valence-corrected chi connectivity index (χ4v) is 6.74. The third-order valence-corrected chi connectivity index (χ3v) is 8.64. The van der Waals surface area contributed by atoms with Crippen molar-refractivity contribution in [2.75, 3.05) is 48.1 Å². The molecule has 3 aliphatic heterocycles. The van der Waals surface area contributed by atoms with Crippen molar-refractivity contribution >= 4 is 12.4 Å². The van der Waals surface area contributed by atoms with Crippen LogP contribution in [0.2, 0.25) is 0 Å². The summed E-state index contributed by atoms with van der Waals surface area (Å²) in [6, 6.07) is 9.61. The second-order valence-corrected chi connectivity index (χ2v) is 10.2. The molecule has 3 heterocycles. The van der Waals surface area contributed by atoms with Crippen molar-refractivity contribution < 1.29 is 46.3 Å². The molecule has 3 aliphatic rings. The van der Waals surface area contributed by atoms with Gasteiger partial charge in [-0.2, -0.15) is 0 Å². The van der Waals surface area contributed by atoms with Crippen LogP contribution in [-0.4, -0.2) is 80.4 Å². The zero-order valence-corrected chi connectivity index (χ0v) is 25.6. The average Bonchev–Trinajstić information content (AvgIpc) is 2.91. The Morgan fingerprint density at radius 3 is 1.78 bits per heavy atom. The van der Waals surface area contributed by atoms with Crippen LogP contribution in [0.25, 0.3) is 0 Å². The first-order valence-electron chi connectivity index (χ1n) is 13.1. The quantitative estimate of drug-likeness (QED) is 0.489. The largest absolute Gasteiger partial charge is 0.493 e. The van der Waals surface area contributed by atoms with E-state index in [0.717, 1.165) is 55.4 Å². The first-order valence-corrected chi connectivity index (χ1v) is 13.1. The fourth-order valence-electron chi connectivity index (χ4n) is 6.74. The van der Waals surface area contributed by atoms with E-state index >= 15 is 0 Å². The van der Waals surface area contributed by atoms with Gasteiger partial charge in [0.1, 0.15) is 0 Å². The Morgan fingerprint density at radius 1 is 0.732 bits per heavy atom. The number of hydrogen-bond acceptors (Lipinski definition) is 6. The standard InChI is InChI=1S/C29H40N2O4.ClH.5H2O/c1-6-18-17-31-10-8-20-14-27(33-3)29(35-5)16-23(20)25(31)12-21(18)11-24-22-15-28(34-4)26(32-2)13-19(22)7-9-30-24;;;;;;/h13-16,18,21,24-25,30H,6-12,17H2,1-5H3;1H;5*1H2/t18-,21-,24+,25-;;;;;;/m0....../s1. The topological polar surface area (TPSA) is 210 Å². The van der Waals surface area contributed by atoms with Gasteiger partial charge in [-0.05, 0) is 90.6 Å². The fraction of sp³-hybridized carbons (Fsp3) is 0.586. The molecule has 0 aliphatic carbocycles. The molecule has 11 N–H and O–H groups in total. The monoisotopic (exact) mass is 606 g/mol. The lowest BCUT2D eigenvalue weighted by Gasteiger charge is -2.48. The SMILES string of the molecule is CC[C@H]1CN2CCc3cc(OC)c(OC)cc3[C@@H]2C[C@@H]1C[C@H]1NCCc2cc(OC)c(OC)cc21.Cl.O.O.O.O.O. The summed E-state index contributed by atoms with van der Waals surface area (Å²) in [5.41, 5.74) is 5.60. The van der Waals surface area contributed by atoms with E-state index < -0.39 is 0 Å². The van der Waals surface area contributed by atoms with Crippen LogP contribution in [0.3, 0.4) is 0 Å². The van der Waals surface area contributed by atoms with Gasteiger partial charge in [-0.3, -0.25) is 4.90 Å². The molecule has 41 heavy (non-hydrogen) atoms.